The van der Waals surface area contributed by atoms with Gasteiger partial charge in [-0.2, -0.15) is 5.26 Å². The summed E-state index contributed by atoms with van der Waals surface area (Å²) in [5.74, 6) is 0.162. The first kappa shape index (κ1) is 17.7. The van der Waals surface area contributed by atoms with Gasteiger partial charge in [-0.1, -0.05) is 0 Å². The van der Waals surface area contributed by atoms with E-state index in [4.69, 9.17) is 0 Å². The molecule has 0 radical (unpaired) electrons. The van der Waals surface area contributed by atoms with Gasteiger partial charge in [0.2, 0.25) is 5.91 Å². The zero-order chi connectivity index (χ0) is 18.5. The number of amides is 4. The number of pyridine rings is 1. The second kappa shape index (κ2) is 7.82. The molecule has 3 rings (SSSR count). The minimum atomic E-state index is -0.636. The Kier molecular flexibility index (Phi) is 5.31. The lowest BCUT2D eigenvalue weighted by Crippen LogP contribution is -2.45. The smallest absolute Gasteiger partial charge is 0.322 e. The van der Waals surface area contributed by atoms with Crippen molar-refractivity contribution in [2.75, 3.05) is 18.0 Å². The number of nitrogens with zero attached hydrogens (tertiary/aromatic N) is 3. The fourth-order valence-corrected chi connectivity index (χ4v) is 3.21. The molecule has 0 spiro atoms. The van der Waals surface area contributed by atoms with E-state index in [-0.39, 0.29) is 30.7 Å². The lowest BCUT2D eigenvalue weighted by Gasteiger charge is -2.33. The Balaban J connectivity index is 1.44. The lowest BCUT2D eigenvalue weighted by molar-refractivity contribution is -0.122. The number of hydrogen-bond donors (Lipinski definition) is 3. The van der Waals surface area contributed by atoms with Gasteiger partial charge in [0.1, 0.15) is 17.9 Å². The highest BCUT2D eigenvalue weighted by molar-refractivity contribution is 6.04. The van der Waals surface area contributed by atoms with Gasteiger partial charge in [-0.3, -0.25) is 14.9 Å². The normalized spacial score (nSPS) is 20.3. The number of anilines is 1. The SMILES string of the molecule is N#Cc1cccnc1N1CCC(NC(=O)CC[C@@H]2NC(=O)NC2=O)CC1. The van der Waals surface area contributed by atoms with Gasteiger partial charge in [0.25, 0.3) is 5.91 Å². The fourth-order valence-electron chi connectivity index (χ4n) is 3.21. The van der Waals surface area contributed by atoms with Crippen molar-refractivity contribution in [3.8, 4) is 6.07 Å². The predicted molar refractivity (Wildman–Crippen MR) is 92.0 cm³/mol. The number of urea groups is 1. The summed E-state index contributed by atoms with van der Waals surface area (Å²) in [6.07, 6.45) is 3.64. The molecule has 2 fully saturated rings. The molecule has 136 valence electrons. The van der Waals surface area contributed by atoms with Crippen LogP contribution < -0.4 is 20.9 Å². The fraction of sp³-hybridized carbons (Fsp3) is 0.471. The largest absolute Gasteiger partial charge is 0.355 e. The third kappa shape index (κ3) is 4.08. The third-order valence-electron chi connectivity index (χ3n) is 4.59. The summed E-state index contributed by atoms with van der Waals surface area (Å²) >= 11 is 0. The highest BCUT2D eigenvalue weighted by Gasteiger charge is 2.30. The van der Waals surface area contributed by atoms with Crippen molar-refractivity contribution in [1.29, 1.82) is 5.26 Å². The molecule has 0 unspecified atom stereocenters. The highest BCUT2D eigenvalue weighted by Crippen LogP contribution is 2.21. The number of aromatic nitrogens is 1. The van der Waals surface area contributed by atoms with Crippen LogP contribution in [0.25, 0.3) is 0 Å². The van der Waals surface area contributed by atoms with Crippen LogP contribution in [0.15, 0.2) is 18.3 Å². The Bertz CT molecular complexity index is 751. The predicted octanol–water partition coefficient (Wildman–Crippen LogP) is 0.0265. The van der Waals surface area contributed by atoms with Crippen LogP contribution in [0.4, 0.5) is 10.6 Å². The van der Waals surface area contributed by atoms with Crippen LogP contribution in [0, 0.1) is 11.3 Å². The summed E-state index contributed by atoms with van der Waals surface area (Å²) in [4.78, 5) is 40.9. The van der Waals surface area contributed by atoms with E-state index in [1.807, 2.05) is 0 Å². The van der Waals surface area contributed by atoms with E-state index in [2.05, 4.69) is 31.9 Å². The van der Waals surface area contributed by atoms with Gasteiger partial charge >= 0.3 is 6.03 Å². The maximum Gasteiger partial charge on any atom is 0.322 e. The summed E-state index contributed by atoms with van der Waals surface area (Å²) in [5, 5.41) is 16.8. The van der Waals surface area contributed by atoms with E-state index < -0.39 is 12.1 Å². The first-order chi connectivity index (χ1) is 12.6. The number of carbonyl (C=O) groups is 3. The summed E-state index contributed by atoms with van der Waals surface area (Å²) in [6.45, 7) is 1.41. The van der Waals surface area contributed by atoms with Crippen molar-refractivity contribution in [3.63, 3.8) is 0 Å². The minimum Gasteiger partial charge on any atom is -0.355 e. The second-order valence-electron chi connectivity index (χ2n) is 6.37. The van der Waals surface area contributed by atoms with E-state index in [9.17, 15) is 19.6 Å². The van der Waals surface area contributed by atoms with Crippen LogP contribution in [0.5, 0.6) is 0 Å². The van der Waals surface area contributed by atoms with Crippen molar-refractivity contribution >= 4 is 23.7 Å². The van der Waals surface area contributed by atoms with Crippen molar-refractivity contribution in [1.82, 2.24) is 20.9 Å². The van der Waals surface area contributed by atoms with E-state index in [1.54, 1.807) is 18.3 Å². The molecule has 9 nitrogen and oxygen atoms in total. The lowest BCUT2D eigenvalue weighted by atomic mass is 10.0. The number of rotatable bonds is 5. The number of hydrogen-bond acceptors (Lipinski definition) is 6. The standard InChI is InChI=1S/C17H20N6O3/c18-10-11-2-1-7-19-15(11)23-8-5-12(6-9-23)20-14(24)4-3-13-16(25)22-17(26)21-13/h1-2,7,12-13H,3-6,8-9H2,(H,20,24)(H2,21,22,25,26)/t13-/m0/s1. The molecule has 2 aliphatic heterocycles. The molecule has 3 N–H and O–H groups in total. The summed E-state index contributed by atoms with van der Waals surface area (Å²) in [5.41, 5.74) is 0.548. The van der Waals surface area contributed by atoms with Crippen LogP contribution in [0.3, 0.4) is 0 Å². The molecule has 1 aromatic heterocycles. The molecule has 2 aliphatic rings. The molecule has 26 heavy (non-hydrogen) atoms. The molecular weight excluding hydrogens is 336 g/mol. The van der Waals surface area contributed by atoms with Gasteiger partial charge in [0.15, 0.2) is 0 Å². The molecule has 0 aromatic carbocycles. The van der Waals surface area contributed by atoms with Crippen LogP contribution in [0.2, 0.25) is 0 Å². The van der Waals surface area contributed by atoms with Gasteiger partial charge in [-0.25, -0.2) is 9.78 Å². The maximum absolute atomic E-state index is 12.1. The first-order valence-corrected chi connectivity index (χ1v) is 8.57. The Morgan fingerprint density at radius 3 is 2.81 bits per heavy atom. The third-order valence-corrected chi connectivity index (χ3v) is 4.59. The zero-order valence-electron chi connectivity index (χ0n) is 14.2. The van der Waals surface area contributed by atoms with E-state index in [0.29, 0.717) is 24.5 Å². The molecule has 4 amide bonds. The molecule has 0 bridgehead atoms. The molecule has 0 saturated carbocycles. The number of nitriles is 1. The first-order valence-electron chi connectivity index (χ1n) is 8.57. The zero-order valence-corrected chi connectivity index (χ0v) is 14.2. The van der Waals surface area contributed by atoms with Gasteiger partial charge in [0, 0.05) is 31.7 Å². The summed E-state index contributed by atoms with van der Waals surface area (Å²) in [6, 6.07) is 4.54. The van der Waals surface area contributed by atoms with E-state index >= 15 is 0 Å². The number of nitrogens with one attached hydrogen (secondary N) is 3. The topological polar surface area (TPSA) is 127 Å². The number of carbonyl (C=O) groups excluding carboxylic acids is 3. The maximum atomic E-state index is 12.1. The second-order valence-corrected chi connectivity index (χ2v) is 6.37. The highest BCUT2D eigenvalue weighted by atomic mass is 16.2. The Morgan fingerprint density at radius 2 is 2.15 bits per heavy atom. The van der Waals surface area contributed by atoms with E-state index in [0.717, 1.165) is 12.8 Å². The van der Waals surface area contributed by atoms with Crippen LogP contribution in [0.1, 0.15) is 31.2 Å². The molecule has 9 heteroatoms. The van der Waals surface area contributed by atoms with Gasteiger partial charge < -0.3 is 15.5 Å². The van der Waals surface area contributed by atoms with Crippen LogP contribution in [-0.2, 0) is 9.59 Å². The molecule has 2 saturated heterocycles. The molecule has 0 aliphatic carbocycles. The summed E-state index contributed by atoms with van der Waals surface area (Å²) in [7, 11) is 0. The Labute approximate surface area is 150 Å². The van der Waals surface area contributed by atoms with Gasteiger partial charge in [-0.15, -0.1) is 0 Å². The van der Waals surface area contributed by atoms with Gasteiger partial charge in [-0.05, 0) is 31.4 Å². The van der Waals surface area contributed by atoms with Crippen LogP contribution in [-0.4, -0.2) is 48.0 Å². The average molecular weight is 356 g/mol. The molecule has 1 aromatic rings. The average Bonchev–Trinajstić information content (AvgIpc) is 2.98. The Hall–Kier alpha value is -3.15. The van der Waals surface area contributed by atoms with E-state index in [1.165, 1.54) is 0 Å². The minimum absolute atomic E-state index is 0.0555. The number of imide groups is 1. The molecular formula is C17H20N6O3. The van der Waals surface area contributed by atoms with Crippen molar-refractivity contribution in [2.45, 2.75) is 37.8 Å². The molecule has 3 heterocycles. The Morgan fingerprint density at radius 1 is 1.38 bits per heavy atom. The monoisotopic (exact) mass is 356 g/mol. The molecule has 1 atom stereocenters. The number of piperidine rings is 1. The van der Waals surface area contributed by atoms with Gasteiger partial charge in [0.05, 0.1) is 5.56 Å². The summed E-state index contributed by atoms with van der Waals surface area (Å²) < 4.78 is 0. The van der Waals surface area contributed by atoms with Crippen molar-refractivity contribution < 1.29 is 14.4 Å². The van der Waals surface area contributed by atoms with Crippen LogP contribution >= 0.6 is 0 Å². The quantitative estimate of drug-likeness (QED) is 0.639. The van der Waals surface area contributed by atoms with Crippen molar-refractivity contribution in [2.24, 2.45) is 0 Å². The van der Waals surface area contributed by atoms with Crippen molar-refractivity contribution in [3.05, 3.63) is 23.9 Å².